The van der Waals surface area contributed by atoms with E-state index in [2.05, 4.69) is 10.6 Å². The molecule has 0 spiro atoms. The number of carbonyl (C=O) groups is 2. The van der Waals surface area contributed by atoms with E-state index < -0.39 is 5.97 Å². The number of thiocarbonyl (C=S) groups is 1. The first-order valence-corrected chi connectivity index (χ1v) is 8.40. The Balaban J connectivity index is 1.60. The highest BCUT2D eigenvalue weighted by molar-refractivity contribution is 7.80. The smallest absolute Gasteiger partial charge is 0.306 e. The predicted octanol–water partition coefficient (Wildman–Crippen LogP) is 3.07. The molecule has 2 N–H and O–H groups in total. The fourth-order valence-corrected chi connectivity index (χ4v) is 2.32. The van der Waals surface area contributed by atoms with E-state index in [0.717, 1.165) is 11.3 Å². The lowest BCUT2D eigenvalue weighted by Gasteiger charge is -2.09. The van der Waals surface area contributed by atoms with Crippen LogP contribution >= 0.6 is 12.2 Å². The van der Waals surface area contributed by atoms with Gasteiger partial charge in [-0.15, -0.1) is 0 Å². The number of anilines is 1. The summed E-state index contributed by atoms with van der Waals surface area (Å²) in [5.74, 6) is -0.721. The molecule has 0 heterocycles. The summed E-state index contributed by atoms with van der Waals surface area (Å²) in [6, 6.07) is 19.0. The lowest BCUT2D eigenvalue weighted by molar-refractivity contribution is -0.144. The summed E-state index contributed by atoms with van der Waals surface area (Å²) in [6.45, 7) is 0.304. The zero-order chi connectivity index (χ0) is 17.9. The van der Waals surface area contributed by atoms with Crippen molar-refractivity contribution in [2.75, 3.05) is 11.9 Å². The van der Waals surface area contributed by atoms with Gasteiger partial charge in [-0.25, -0.2) is 0 Å². The Labute approximate surface area is 152 Å². The second kappa shape index (κ2) is 10.2. The summed E-state index contributed by atoms with van der Waals surface area (Å²) in [5.41, 5.74) is 1.89. The normalized spacial score (nSPS) is 9.92. The van der Waals surface area contributed by atoms with Crippen LogP contribution in [0.25, 0.3) is 0 Å². The van der Waals surface area contributed by atoms with E-state index >= 15 is 0 Å². The number of benzene rings is 2. The highest BCUT2D eigenvalue weighted by atomic mass is 32.1. The Morgan fingerprint density at radius 3 is 2.24 bits per heavy atom. The van der Waals surface area contributed by atoms with Gasteiger partial charge in [-0.05, 0) is 29.9 Å². The number of hydrogen-bond donors (Lipinski definition) is 2. The van der Waals surface area contributed by atoms with Gasteiger partial charge in [0.05, 0.1) is 13.0 Å². The van der Waals surface area contributed by atoms with Crippen molar-refractivity contribution < 1.29 is 14.3 Å². The molecule has 0 saturated heterocycles. The van der Waals surface area contributed by atoms with Crippen LogP contribution in [0.2, 0.25) is 0 Å². The minimum atomic E-state index is -0.395. The van der Waals surface area contributed by atoms with Gasteiger partial charge in [0.15, 0.2) is 5.11 Å². The molecule has 130 valence electrons. The fraction of sp³-hybridized carbons (Fsp3) is 0.211. The lowest BCUT2D eigenvalue weighted by atomic mass is 10.2. The van der Waals surface area contributed by atoms with Crippen molar-refractivity contribution in [2.45, 2.75) is 19.3 Å². The number of rotatable bonds is 7. The van der Waals surface area contributed by atoms with E-state index in [1.54, 1.807) is 0 Å². The lowest BCUT2D eigenvalue weighted by Crippen LogP contribution is -2.34. The van der Waals surface area contributed by atoms with Gasteiger partial charge in [-0.1, -0.05) is 48.5 Å². The first kappa shape index (κ1) is 18.6. The third kappa shape index (κ3) is 7.58. The maximum atomic E-state index is 11.8. The molecule has 0 atom stereocenters. The topological polar surface area (TPSA) is 67.4 Å². The zero-order valence-electron chi connectivity index (χ0n) is 13.7. The van der Waals surface area contributed by atoms with Crippen LogP contribution in [0.15, 0.2) is 60.7 Å². The molecule has 2 aromatic rings. The van der Waals surface area contributed by atoms with Crippen LogP contribution in [0.5, 0.6) is 0 Å². The number of ether oxygens (including phenoxy) is 1. The van der Waals surface area contributed by atoms with Crippen molar-refractivity contribution in [3.05, 3.63) is 66.2 Å². The molecule has 0 unspecified atom stereocenters. The van der Waals surface area contributed by atoms with Crippen LogP contribution in [0.1, 0.15) is 18.4 Å². The molecule has 5 nitrogen and oxygen atoms in total. The average molecular weight is 356 g/mol. The van der Waals surface area contributed by atoms with Crippen molar-refractivity contribution in [1.82, 2.24) is 5.32 Å². The highest BCUT2D eigenvalue weighted by Crippen LogP contribution is 2.05. The summed E-state index contributed by atoms with van der Waals surface area (Å²) in [4.78, 5) is 23.5. The average Bonchev–Trinajstić information content (AvgIpc) is 2.61. The SMILES string of the molecule is O=C(CCC(=O)OCCc1ccccc1)NC(=S)Nc1ccccc1. The Morgan fingerprint density at radius 1 is 0.920 bits per heavy atom. The maximum absolute atomic E-state index is 11.8. The molecule has 2 rings (SSSR count). The molecule has 0 aromatic heterocycles. The Bertz CT molecular complexity index is 705. The van der Waals surface area contributed by atoms with Gasteiger partial charge in [0.1, 0.15) is 0 Å². The molecule has 0 aliphatic rings. The van der Waals surface area contributed by atoms with Crippen molar-refractivity contribution >= 4 is 34.9 Å². The highest BCUT2D eigenvalue weighted by Gasteiger charge is 2.09. The Morgan fingerprint density at radius 2 is 1.56 bits per heavy atom. The Hall–Kier alpha value is -2.73. The van der Waals surface area contributed by atoms with Gasteiger partial charge in [0, 0.05) is 18.5 Å². The van der Waals surface area contributed by atoms with Crippen molar-refractivity contribution in [3.63, 3.8) is 0 Å². The summed E-state index contributed by atoms with van der Waals surface area (Å²) in [5, 5.41) is 5.64. The number of esters is 1. The van der Waals surface area contributed by atoms with E-state index in [1.807, 2.05) is 60.7 Å². The van der Waals surface area contributed by atoms with Gasteiger partial charge in [0.2, 0.25) is 5.91 Å². The quantitative estimate of drug-likeness (QED) is 0.589. The van der Waals surface area contributed by atoms with Gasteiger partial charge >= 0.3 is 5.97 Å². The van der Waals surface area contributed by atoms with Crippen molar-refractivity contribution in [3.8, 4) is 0 Å². The monoisotopic (exact) mass is 356 g/mol. The van der Waals surface area contributed by atoms with Gasteiger partial charge in [0.25, 0.3) is 0 Å². The first-order valence-electron chi connectivity index (χ1n) is 7.99. The minimum Gasteiger partial charge on any atom is -0.465 e. The minimum absolute atomic E-state index is 0.0224. The first-order chi connectivity index (χ1) is 12.1. The zero-order valence-corrected chi connectivity index (χ0v) is 14.6. The fourth-order valence-electron chi connectivity index (χ4n) is 2.09. The van der Waals surface area contributed by atoms with E-state index in [-0.39, 0.29) is 23.9 Å². The summed E-state index contributed by atoms with van der Waals surface area (Å²) in [6.07, 6.45) is 0.708. The van der Waals surface area contributed by atoms with Crippen LogP contribution < -0.4 is 10.6 Å². The van der Waals surface area contributed by atoms with E-state index in [1.165, 1.54) is 0 Å². The molecule has 0 radical (unpaired) electrons. The van der Waals surface area contributed by atoms with Crippen molar-refractivity contribution in [2.24, 2.45) is 0 Å². The Kier molecular flexibility index (Phi) is 7.59. The molecule has 2 aromatic carbocycles. The summed E-state index contributed by atoms with van der Waals surface area (Å²) in [7, 11) is 0. The summed E-state index contributed by atoms with van der Waals surface area (Å²) < 4.78 is 5.13. The molecule has 0 fully saturated rings. The number of para-hydroxylation sites is 1. The van der Waals surface area contributed by atoms with Crippen LogP contribution in [-0.4, -0.2) is 23.6 Å². The molecule has 0 aliphatic carbocycles. The molecular weight excluding hydrogens is 336 g/mol. The van der Waals surface area contributed by atoms with Crippen LogP contribution in [0, 0.1) is 0 Å². The second-order valence-corrected chi connectivity index (χ2v) is 5.73. The van der Waals surface area contributed by atoms with Crippen LogP contribution in [-0.2, 0) is 20.7 Å². The number of nitrogens with one attached hydrogen (secondary N) is 2. The summed E-state index contributed by atoms with van der Waals surface area (Å²) >= 11 is 5.06. The third-order valence-electron chi connectivity index (χ3n) is 3.34. The van der Waals surface area contributed by atoms with Gasteiger partial charge in [-0.2, -0.15) is 0 Å². The number of hydrogen-bond acceptors (Lipinski definition) is 4. The van der Waals surface area contributed by atoms with E-state index in [9.17, 15) is 9.59 Å². The largest absolute Gasteiger partial charge is 0.465 e. The number of amides is 1. The molecule has 6 heteroatoms. The van der Waals surface area contributed by atoms with E-state index in [0.29, 0.717) is 13.0 Å². The van der Waals surface area contributed by atoms with Gasteiger partial charge < -0.3 is 15.4 Å². The second-order valence-electron chi connectivity index (χ2n) is 5.32. The van der Waals surface area contributed by atoms with Crippen LogP contribution in [0.3, 0.4) is 0 Å². The predicted molar refractivity (Wildman–Crippen MR) is 101 cm³/mol. The number of carbonyl (C=O) groups excluding carboxylic acids is 2. The van der Waals surface area contributed by atoms with E-state index in [4.69, 9.17) is 17.0 Å². The molecule has 1 amide bonds. The molecular formula is C19H20N2O3S. The van der Waals surface area contributed by atoms with Crippen molar-refractivity contribution in [1.29, 1.82) is 0 Å². The molecule has 0 bridgehead atoms. The molecule has 25 heavy (non-hydrogen) atoms. The maximum Gasteiger partial charge on any atom is 0.306 e. The molecule has 0 saturated carbocycles. The standard InChI is InChI=1S/C19H20N2O3S/c22-17(21-19(25)20-16-9-5-2-6-10-16)11-12-18(23)24-14-13-15-7-3-1-4-8-15/h1-10H,11-14H2,(H2,20,21,22,25). The molecule has 0 aliphatic heterocycles. The van der Waals surface area contributed by atoms with Gasteiger partial charge in [-0.3, -0.25) is 9.59 Å². The van der Waals surface area contributed by atoms with Crippen LogP contribution in [0.4, 0.5) is 5.69 Å². The third-order valence-corrected chi connectivity index (χ3v) is 3.54.